The number of halogens is 2. The number of hydrogen-bond donors (Lipinski definition) is 4. The van der Waals surface area contributed by atoms with Crippen LogP contribution in [0.25, 0.3) is 0 Å². The molecule has 1 heterocycles. The van der Waals surface area contributed by atoms with Crippen LogP contribution in [0.5, 0.6) is 0 Å². The molecule has 0 atom stereocenters. The predicted molar refractivity (Wildman–Crippen MR) is 74.0 cm³/mol. The lowest BCUT2D eigenvalue weighted by Crippen LogP contribution is -2.12. The van der Waals surface area contributed by atoms with Gasteiger partial charge < -0.3 is 16.5 Å². The van der Waals surface area contributed by atoms with Gasteiger partial charge in [0.1, 0.15) is 12.0 Å². The third kappa shape index (κ3) is 2.56. The van der Waals surface area contributed by atoms with Gasteiger partial charge in [0.25, 0.3) is 0 Å². The third-order valence-corrected chi connectivity index (χ3v) is 2.75. The van der Waals surface area contributed by atoms with Gasteiger partial charge in [-0.2, -0.15) is 0 Å². The van der Waals surface area contributed by atoms with Crippen molar-refractivity contribution in [2.75, 3.05) is 16.5 Å². The molecule has 0 aliphatic rings. The van der Waals surface area contributed by atoms with E-state index in [1.807, 2.05) is 0 Å². The van der Waals surface area contributed by atoms with Gasteiger partial charge in [-0.1, -0.05) is 23.2 Å². The zero-order valence-electron chi connectivity index (χ0n) is 9.11. The van der Waals surface area contributed by atoms with Gasteiger partial charge in [-0.05, 0) is 18.2 Å². The molecule has 0 unspecified atom stereocenters. The highest BCUT2D eigenvalue weighted by atomic mass is 35.5. The van der Waals surface area contributed by atoms with Gasteiger partial charge in [-0.25, -0.2) is 15.8 Å². The van der Waals surface area contributed by atoms with Crippen molar-refractivity contribution >= 4 is 46.2 Å². The van der Waals surface area contributed by atoms with Crippen LogP contribution >= 0.6 is 23.2 Å². The van der Waals surface area contributed by atoms with Crippen molar-refractivity contribution in [1.29, 1.82) is 0 Å². The normalized spacial score (nSPS) is 10.2. The number of hydrazine groups is 1. The first-order chi connectivity index (χ1) is 8.61. The average Bonchev–Trinajstić information content (AvgIpc) is 2.35. The Morgan fingerprint density at radius 1 is 1.11 bits per heavy atom. The van der Waals surface area contributed by atoms with Gasteiger partial charge in [0.15, 0.2) is 11.6 Å². The molecule has 0 bridgehead atoms. The fraction of sp³-hybridized carbons (Fsp3) is 0. The first kappa shape index (κ1) is 12.7. The fourth-order valence-electron chi connectivity index (χ4n) is 1.33. The number of rotatable bonds is 3. The molecular weight excluding hydrogens is 275 g/mol. The standard InChI is InChI=1S/C10H10Cl2N6/c11-5-1-2-7(6(12)3-5)17-9-8(13)10(18-14)16-4-15-9/h1-4H,13-14H2,(H2,15,16,17,18). The monoisotopic (exact) mass is 284 g/mol. The molecule has 0 aliphatic heterocycles. The summed E-state index contributed by atoms with van der Waals surface area (Å²) in [5, 5.41) is 3.99. The van der Waals surface area contributed by atoms with Crippen LogP contribution in [-0.4, -0.2) is 9.97 Å². The summed E-state index contributed by atoms with van der Waals surface area (Å²) >= 11 is 11.8. The molecule has 6 nitrogen and oxygen atoms in total. The molecule has 0 radical (unpaired) electrons. The molecular formula is C10H10Cl2N6. The second-order valence-electron chi connectivity index (χ2n) is 3.38. The van der Waals surface area contributed by atoms with E-state index in [4.69, 9.17) is 34.8 Å². The number of nitrogens with one attached hydrogen (secondary N) is 2. The number of anilines is 4. The van der Waals surface area contributed by atoms with Crippen molar-refractivity contribution in [3.05, 3.63) is 34.6 Å². The van der Waals surface area contributed by atoms with Crippen LogP contribution in [0.2, 0.25) is 10.0 Å². The van der Waals surface area contributed by atoms with E-state index in [0.717, 1.165) is 0 Å². The van der Waals surface area contributed by atoms with E-state index in [9.17, 15) is 0 Å². The Hall–Kier alpha value is -1.76. The second-order valence-corrected chi connectivity index (χ2v) is 4.22. The summed E-state index contributed by atoms with van der Waals surface area (Å²) in [6.07, 6.45) is 1.33. The molecule has 0 fully saturated rings. The Labute approximate surface area is 113 Å². The van der Waals surface area contributed by atoms with Crippen LogP contribution in [0.1, 0.15) is 0 Å². The van der Waals surface area contributed by atoms with Gasteiger partial charge in [-0.15, -0.1) is 0 Å². The van der Waals surface area contributed by atoms with Crippen molar-refractivity contribution in [2.45, 2.75) is 0 Å². The Morgan fingerprint density at radius 3 is 2.50 bits per heavy atom. The highest BCUT2D eigenvalue weighted by Crippen LogP contribution is 2.30. The lowest BCUT2D eigenvalue weighted by Gasteiger charge is -2.11. The first-order valence-corrected chi connectivity index (χ1v) is 5.66. The summed E-state index contributed by atoms with van der Waals surface area (Å²) in [5.74, 6) is 6.01. The lowest BCUT2D eigenvalue weighted by atomic mass is 10.3. The van der Waals surface area contributed by atoms with E-state index in [2.05, 4.69) is 20.7 Å². The number of hydrogen-bond acceptors (Lipinski definition) is 6. The average molecular weight is 285 g/mol. The van der Waals surface area contributed by atoms with Crippen LogP contribution in [0.4, 0.5) is 23.0 Å². The second kappa shape index (κ2) is 5.26. The van der Waals surface area contributed by atoms with Crippen molar-refractivity contribution in [1.82, 2.24) is 9.97 Å². The summed E-state index contributed by atoms with van der Waals surface area (Å²) in [6.45, 7) is 0. The van der Waals surface area contributed by atoms with Crippen LogP contribution in [0.15, 0.2) is 24.5 Å². The molecule has 0 saturated carbocycles. The molecule has 94 valence electrons. The Balaban J connectivity index is 2.34. The van der Waals surface area contributed by atoms with E-state index in [1.165, 1.54) is 6.33 Å². The first-order valence-electron chi connectivity index (χ1n) is 4.91. The highest BCUT2D eigenvalue weighted by Gasteiger charge is 2.09. The predicted octanol–water partition coefficient (Wildman–Crippen LogP) is 2.39. The smallest absolute Gasteiger partial charge is 0.168 e. The van der Waals surface area contributed by atoms with Crippen LogP contribution < -0.4 is 22.3 Å². The van der Waals surface area contributed by atoms with Crippen molar-refractivity contribution in [3.63, 3.8) is 0 Å². The van der Waals surface area contributed by atoms with Crippen molar-refractivity contribution in [3.8, 4) is 0 Å². The van der Waals surface area contributed by atoms with E-state index in [0.29, 0.717) is 33.1 Å². The summed E-state index contributed by atoms with van der Waals surface area (Å²) < 4.78 is 0. The fourth-order valence-corrected chi connectivity index (χ4v) is 1.78. The Bertz CT molecular complexity index is 574. The zero-order valence-corrected chi connectivity index (χ0v) is 10.6. The lowest BCUT2D eigenvalue weighted by molar-refractivity contribution is 1.14. The minimum atomic E-state index is 0.297. The molecule has 18 heavy (non-hydrogen) atoms. The minimum Gasteiger partial charge on any atom is -0.393 e. The van der Waals surface area contributed by atoms with Gasteiger partial charge in [0.05, 0.1) is 10.7 Å². The van der Waals surface area contributed by atoms with Crippen LogP contribution in [0, 0.1) is 0 Å². The van der Waals surface area contributed by atoms with Crippen LogP contribution in [0.3, 0.4) is 0 Å². The number of aromatic nitrogens is 2. The Kier molecular flexibility index (Phi) is 3.71. The van der Waals surface area contributed by atoms with Gasteiger partial charge in [0.2, 0.25) is 0 Å². The summed E-state index contributed by atoms with van der Waals surface area (Å²) in [5.41, 5.74) is 9.13. The van der Waals surface area contributed by atoms with Crippen LogP contribution in [-0.2, 0) is 0 Å². The summed E-state index contributed by atoms with van der Waals surface area (Å²) in [7, 11) is 0. The van der Waals surface area contributed by atoms with Gasteiger partial charge >= 0.3 is 0 Å². The van der Waals surface area contributed by atoms with E-state index in [-0.39, 0.29) is 0 Å². The number of benzene rings is 1. The summed E-state index contributed by atoms with van der Waals surface area (Å²) in [6, 6.07) is 5.04. The molecule has 8 heteroatoms. The molecule has 0 aliphatic carbocycles. The number of nitrogens with zero attached hydrogens (tertiary/aromatic N) is 2. The van der Waals surface area contributed by atoms with Crippen molar-refractivity contribution < 1.29 is 0 Å². The number of nitrogens with two attached hydrogens (primary N) is 2. The minimum absolute atomic E-state index is 0.297. The topological polar surface area (TPSA) is 102 Å². The molecule has 0 saturated heterocycles. The highest BCUT2D eigenvalue weighted by molar-refractivity contribution is 6.36. The maximum Gasteiger partial charge on any atom is 0.168 e. The molecule has 2 aromatic rings. The quantitative estimate of drug-likeness (QED) is 0.510. The Morgan fingerprint density at radius 2 is 1.83 bits per heavy atom. The van der Waals surface area contributed by atoms with Gasteiger partial charge in [0, 0.05) is 5.02 Å². The van der Waals surface area contributed by atoms with Crippen molar-refractivity contribution in [2.24, 2.45) is 5.84 Å². The zero-order chi connectivity index (χ0) is 13.1. The molecule has 0 amide bonds. The molecule has 1 aromatic carbocycles. The third-order valence-electron chi connectivity index (χ3n) is 2.20. The molecule has 2 rings (SSSR count). The van der Waals surface area contributed by atoms with Gasteiger partial charge in [-0.3, -0.25) is 0 Å². The SMILES string of the molecule is NNc1ncnc(Nc2ccc(Cl)cc2Cl)c1N. The maximum absolute atomic E-state index is 6.03. The molecule has 0 spiro atoms. The maximum atomic E-state index is 6.03. The molecule has 6 N–H and O–H groups in total. The van der Waals surface area contributed by atoms with E-state index in [1.54, 1.807) is 18.2 Å². The van der Waals surface area contributed by atoms with E-state index < -0.39 is 0 Å². The summed E-state index contributed by atoms with van der Waals surface area (Å²) in [4.78, 5) is 7.88. The molecule has 1 aromatic heterocycles. The van der Waals surface area contributed by atoms with E-state index >= 15 is 0 Å². The largest absolute Gasteiger partial charge is 0.393 e. The number of nitrogen functional groups attached to an aromatic ring is 2.